The Hall–Kier alpha value is -1.05. The largest absolute Gasteiger partial charge is 0.479 e. The zero-order chi connectivity index (χ0) is 9.14. The first-order valence-corrected chi connectivity index (χ1v) is 3.66. The number of aliphatic carboxylic acids is 1. The minimum absolute atomic E-state index is 0.119. The lowest BCUT2D eigenvalue weighted by Crippen LogP contribution is -2.39. The molecule has 1 heterocycles. The summed E-state index contributed by atoms with van der Waals surface area (Å²) < 4.78 is 4.97. The second-order valence-electron chi connectivity index (χ2n) is 2.74. The summed E-state index contributed by atoms with van der Waals surface area (Å²) in [5.74, 6) is 1.20. The molecule has 0 aromatic heterocycles. The molecule has 2 N–H and O–H groups in total. The van der Waals surface area contributed by atoms with Crippen LogP contribution in [0.3, 0.4) is 0 Å². The number of carbonyl (C=O) groups is 1. The monoisotopic (exact) mass is 170 g/mol. The van der Waals surface area contributed by atoms with E-state index < -0.39 is 24.3 Å². The van der Waals surface area contributed by atoms with Crippen molar-refractivity contribution in [3.05, 3.63) is 0 Å². The quantitative estimate of drug-likeness (QED) is 0.526. The number of carboxylic acids is 1. The molecule has 4 nitrogen and oxygen atoms in total. The van der Waals surface area contributed by atoms with Gasteiger partial charge in [-0.1, -0.05) is 5.92 Å². The molecule has 66 valence electrons. The molecule has 0 bridgehead atoms. The molecule has 3 atom stereocenters. The van der Waals surface area contributed by atoms with Gasteiger partial charge in [-0.3, -0.25) is 0 Å². The van der Waals surface area contributed by atoms with Crippen molar-refractivity contribution in [1.29, 1.82) is 0 Å². The van der Waals surface area contributed by atoms with Crippen LogP contribution in [0.1, 0.15) is 12.8 Å². The number of aliphatic hydroxyl groups is 1. The summed E-state index contributed by atoms with van der Waals surface area (Å²) >= 11 is 0. The van der Waals surface area contributed by atoms with Gasteiger partial charge in [0, 0.05) is 12.8 Å². The fourth-order valence-corrected chi connectivity index (χ4v) is 1.17. The van der Waals surface area contributed by atoms with Crippen LogP contribution in [0.5, 0.6) is 0 Å². The highest BCUT2D eigenvalue weighted by Gasteiger charge is 2.31. The molecule has 0 aromatic carbocycles. The van der Waals surface area contributed by atoms with Crippen LogP contribution >= 0.6 is 0 Å². The molecular weight excluding hydrogens is 160 g/mol. The van der Waals surface area contributed by atoms with Gasteiger partial charge in [0.15, 0.2) is 6.10 Å². The highest BCUT2D eigenvalue weighted by Crippen LogP contribution is 2.19. The van der Waals surface area contributed by atoms with E-state index in [1.807, 2.05) is 0 Å². The normalized spacial score (nSPS) is 35.5. The lowest BCUT2D eigenvalue weighted by atomic mass is 10.0. The molecule has 12 heavy (non-hydrogen) atoms. The van der Waals surface area contributed by atoms with Gasteiger partial charge in [0.25, 0.3) is 0 Å². The number of ether oxygens (including phenoxy) is 1. The van der Waals surface area contributed by atoms with Crippen molar-refractivity contribution in [2.75, 3.05) is 0 Å². The first-order valence-electron chi connectivity index (χ1n) is 3.66. The van der Waals surface area contributed by atoms with Crippen LogP contribution in [-0.4, -0.2) is 34.5 Å². The van der Waals surface area contributed by atoms with E-state index >= 15 is 0 Å². The van der Waals surface area contributed by atoms with Gasteiger partial charge in [0.1, 0.15) is 6.10 Å². The highest BCUT2D eigenvalue weighted by molar-refractivity contribution is 5.72. The van der Waals surface area contributed by atoms with Crippen LogP contribution in [-0.2, 0) is 9.53 Å². The van der Waals surface area contributed by atoms with Crippen molar-refractivity contribution in [3.63, 3.8) is 0 Å². The van der Waals surface area contributed by atoms with E-state index in [2.05, 4.69) is 5.92 Å². The first kappa shape index (κ1) is 9.04. The fourth-order valence-electron chi connectivity index (χ4n) is 1.17. The molecule has 0 amide bonds. The average molecular weight is 170 g/mol. The van der Waals surface area contributed by atoms with Gasteiger partial charge in [0.2, 0.25) is 0 Å². The van der Waals surface area contributed by atoms with Gasteiger partial charge < -0.3 is 14.9 Å². The third kappa shape index (κ3) is 1.97. The van der Waals surface area contributed by atoms with E-state index in [0.717, 1.165) is 0 Å². The van der Waals surface area contributed by atoms with Crippen LogP contribution in [0.4, 0.5) is 0 Å². The Morgan fingerprint density at radius 3 is 2.75 bits per heavy atom. The topological polar surface area (TPSA) is 66.8 Å². The molecule has 0 saturated carbocycles. The second kappa shape index (κ2) is 3.57. The molecule has 1 rings (SSSR count). The lowest BCUT2D eigenvalue weighted by Gasteiger charge is -2.27. The van der Waals surface area contributed by atoms with Crippen molar-refractivity contribution in [2.45, 2.75) is 31.2 Å². The molecular formula is C8H10O4. The van der Waals surface area contributed by atoms with Crippen molar-refractivity contribution < 1.29 is 19.7 Å². The SMILES string of the molecule is C#CC1CC(O)CC(C(=O)O)O1. The van der Waals surface area contributed by atoms with E-state index in [4.69, 9.17) is 16.3 Å². The smallest absolute Gasteiger partial charge is 0.332 e. The zero-order valence-electron chi connectivity index (χ0n) is 6.43. The first-order chi connectivity index (χ1) is 5.63. The van der Waals surface area contributed by atoms with Crippen molar-refractivity contribution in [1.82, 2.24) is 0 Å². The van der Waals surface area contributed by atoms with Crippen LogP contribution in [0.25, 0.3) is 0 Å². The van der Waals surface area contributed by atoms with Gasteiger partial charge >= 0.3 is 5.97 Å². The van der Waals surface area contributed by atoms with Crippen LogP contribution in [0.15, 0.2) is 0 Å². The standard InChI is InChI=1S/C8H10O4/c1-2-6-3-5(9)4-7(12-6)8(10)11/h1,5-7,9H,3-4H2,(H,10,11). The maximum atomic E-state index is 10.5. The lowest BCUT2D eigenvalue weighted by molar-refractivity contribution is -0.161. The summed E-state index contributed by atoms with van der Waals surface area (Å²) in [5, 5.41) is 17.8. The van der Waals surface area contributed by atoms with Crippen molar-refractivity contribution >= 4 is 5.97 Å². The highest BCUT2D eigenvalue weighted by atomic mass is 16.5. The van der Waals surface area contributed by atoms with E-state index in [1.54, 1.807) is 0 Å². The molecule has 1 saturated heterocycles. The number of aliphatic hydroxyl groups excluding tert-OH is 1. The Morgan fingerprint density at radius 1 is 1.58 bits per heavy atom. The van der Waals surface area contributed by atoms with Crippen LogP contribution in [0.2, 0.25) is 0 Å². The van der Waals surface area contributed by atoms with Crippen molar-refractivity contribution in [2.24, 2.45) is 0 Å². The summed E-state index contributed by atoms with van der Waals surface area (Å²) in [5.41, 5.74) is 0. The van der Waals surface area contributed by atoms with E-state index in [0.29, 0.717) is 6.42 Å². The van der Waals surface area contributed by atoms with Gasteiger partial charge in [-0.25, -0.2) is 4.79 Å². The van der Waals surface area contributed by atoms with Crippen molar-refractivity contribution in [3.8, 4) is 12.3 Å². The summed E-state index contributed by atoms with van der Waals surface area (Å²) in [6.07, 6.45) is 3.28. The molecule has 4 heteroatoms. The third-order valence-electron chi connectivity index (χ3n) is 1.76. The minimum Gasteiger partial charge on any atom is -0.479 e. The Bertz CT molecular complexity index is 218. The van der Waals surface area contributed by atoms with E-state index in [-0.39, 0.29) is 6.42 Å². The number of hydrogen-bond donors (Lipinski definition) is 2. The second-order valence-corrected chi connectivity index (χ2v) is 2.74. The molecule has 1 fully saturated rings. The third-order valence-corrected chi connectivity index (χ3v) is 1.76. The number of hydrogen-bond acceptors (Lipinski definition) is 3. The van der Waals surface area contributed by atoms with Gasteiger partial charge in [0.05, 0.1) is 6.10 Å². The maximum Gasteiger partial charge on any atom is 0.332 e. The summed E-state index contributed by atoms with van der Waals surface area (Å²) in [4.78, 5) is 10.5. The van der Waals surface area contributed by atoms with E-state index in [1.165, 1.54) is 0 Å². The maximum absolute atomic E-state index is 10.5. The fraction of sp³-hybridized carbons (Fsp3) is 0.625. The molecule has 1 aliphatic rings. The molecule has 1 aliphatic heterocycles. The Kier molecular flexibility index (Phi) is 2.69. The van der Waals surface area contributed by atoms with Crippen LogP contribution < -0.4 is 0 Å². The minimum atomic E-state index is -1.08. The van der Waals surface area contributed by atoms with E-state index in [9.17, 15) is 9.90 Å². The molecule has 0 aromatic rings. The van der Waals surface area contributed by atoms with Gasteiger partial charge in [-0.15, -0.1) is 6.42 Å². The number of carboxylic acid groups (broad SMARTS) is 1. The predicted octanol–water partition coefficient (Wildman–Crippen LogP) is -0.387. The Balaban J connectivity index is 2.58. The molecule has 0 spiro atoms. The molecule has 3 unspecified atom stereocenters. The van der Waals surface area contributed by atoms with Gasteiger partial charge in [-0.05, 0) is 0 Å². The zero-order valence-corrected chi connectivity index (χ0v) is 6.43. The summed E-state index contributed by atoms with van der Waals surface area (Å²) in [7, 11) is 0. The summed E-state index contributed by atoms with van der Waals surface area (Å²) in [6.45, 7) is 0. The predicted molar refractivity (Wildman–Crippen MR) is 40.4 cm³/mol. The van der Waals surface area contributed by atoms with Gasteiger partial charge in [-0.2, -0.15) is 0 Å². The Labute approximate surface area is 70.2 Å². The number of terminal acetylenes is 1. The molecule has 0 radical (unpaired) electrons. The Morgan fingerprint density at radius 2 is 2.25 bits per heavy atom. The number of rotatable bonds is 1. The summed E-state index contributed by atoms with van der Waals surface area (Å²) in [6, 6.07) is 0. The van der Waals surface area contributed by atoms with Crippen LogP contribution in [0, 0.1) is 12.3 Å². The average Bonchev–Trinajstić information content (AvgIpc) is 2.03. The molecule has 0 aliphatic carbocycles.